The van der Waals surface area contributed by atoms with E-state index in [4.69, 9.17) is 4.74 Å². The van der Waals surface area contributed by atoms with E-state index in [9.17, 15) is 9.59 Å². The predicted molar refractivity (Wildman–Crippen MR) is 110 cm³/mol. The van der Waals surface area contributed by atoms with Crippen LogP contribution in [0.4, 0.5) is 0 Å². The Balaban J connectivity index is 1.40. The van der Waals surface area contributed by atoms with Gasteiger partial charge >= 0.3 is 0 Å². The van der Waals surface area contributed by atoms with Crippen molar-refractivity contribution in [2.75, 3.05) is 0 Å². The monoisotopic (exact) mass is 392 g/mol. The minimum Gasteiger partial charge on any atom is -0.489 e. The van der Waals surface area contributed by atoms with Crippen LogP contribution in [-0.2, 0) is 7.05 Å². The van der Waals surface area contributed by atoms with Crippen LogP contribution in [0.3, 0.4) is 0 Å². The number of rotatable bonds is 4. The lowest BCUT2D eigenvalue weighted by molar-refractivity contribution is 0.0886. The van der Waals surface area contributed by atoms with E-state index >= 15 is 0 Å². The minimum atomic E-state index is -0.413. The Morgan fingerprint density at radius 2 is 1.90 bits per heavy atom. The van der Waals surface area contributed by atoms with E-state index in [2.05, 4.69) is 15.3 Å². The van der Waals surface area contributed by atoms with Crippen LogP contribution in [0, 0.1) is 6.92 Å². The highest BCUT2D eigenvalue weighted by Crippen LogP contribution is 2.25. The summed E-state index contributed by atoms with van der Waals surface area (Å²) in [5.41, 5.74) is 1.77. The van der Waals surface area contributed by atoms with Crippen molar-refractivity contribution in [2.24, 2.45) is 7.05 Å². The number of amides is 1. The van der Waals surface area contributed by atoms with Crippen LogP contribution < -0.4 is 15.6 Å². The summed E-state index contributed by atoms with van der Waals surface area (Å²) in [6, 6.07) is 11.1. The van der Waals surface area contributed by atoms with E-state index in [0.717, 1.165) is 37.1 Å². The van der Waals surface area contributed by atoms with Gasteiger partial charge in [0.25, 0.3) is 11.5 Å². The number of aryl methyl sites for hydroxylation is 2. The molecule has 1 amide bonds. The molecule has 1 fully saturated rings. The van der Waals surface area contributed by atoms with Gasteiger partial charge in [0.05, 0.1) is 22.8 Å². The van der Waals surface area contributed by atoms with Gasteiger partial charge in [0.2, 0.25) is 0 Å². The lowest BCUT2D eigenvalue weighted by Gasteiger charge is -2.29. The molecule has 1 aromatic carbocycles. The highest BCUT2D eigenvalue weighted by molar-refractivity contribution is 5.94. The Morgan fingerprint density at radius 3 is 2.66 bits per heavy atom. The molecule has 2 aromatic heterocycles. The lowest BCUT2D eigenvalue weighted by Crippen LogP contribution is -2.42. The highest BCUT2D eigenvalue weighted by Gasteiger charge is 2.26. The van der Waals surface area contributed by atoms with Crippen molar-refractivity contribution < 1.29 is 9.53 Å². The maximum Gasteiger partial charge on any atom is 0.282 e. The standard InChI is InChI=1S/C22H24N4O3/c1-14-19(8-5-13-23-14)29-16-11-9-15(10-12-16)24-21(27)20-22(28)26(2)18-7-4-3-6-17(18)25-20/h3-8,13,15-16H,9-12H2,1-2H3,(H,24,27). The average Bonchev–Trinajstić information content (AvgIpc) is 2.73. The fraction of sp³-hybridized carbons (Fsp3) is 0.364. The van der Waals surface area contributed by atoms with E-state index in [1.165, 1.54) is 4.57 Å². The number of nitrogens with zero attached hydrogens (tertiary/aromatic N) is 3. The Hall–Kier alpha value is -3.22. The van der Waals surface area contributed by atoms with Crippen molar-refractivity contribution in [3.63, 3.8) is 0 Å². The zero-order valence-corrected chi connectivity index (χ0v) is 16.6. The summed E-state index contributed by atoms with van der Waals surface area (Å²) in [7, 11) is 1.66. The molecule has 0 saturated heterocycles. The van der Waals surface area contributed by atoms with Crippen LogP contribution in [0.5, 0.6) is 5.75 Å². The molecule has 7 nitrogen and oxygen atoms in total. The maximum absolute atomic E-state index is 12.7. The minimum absolute atomic E-state index is 0.00956. The van der Waals surface area contributed by atoms with Gasteiger partial charge in [0, 0.05) is 19.3 Å². The van der Waals surface area contributed by atoms with Crippen molar-refractivity contribution >= 4 is 16.9 Å². The Morgan fingerprint density at radius 1 is 1.14 bits per heavy atom. The van der Waals surface area contributed by atoms with Crippen LogP contribution in [0.25, 0.3) is 11.0 Å². The molecule has 29 heavy (non-hydrogen) atoms. The molecule has 4 rings (SSSR count). The summed E-state index contributed by atoms with van der Waals surface area (Å²) in [5.74, 6) is 0.396. The number of benzene rings is 1. The number of pyridine rings is 1. The number of aromatic nitrogens is 3. The second kappa shape index (κ2) is 8.03. The summed E-state index contributed by atoms with van der Waals surface area (Å²) in [5, 5.41) is 2.98. The molecule has 0 unspecified atom stereocenters. The van der Waals surface area contributed by atoms with Gasteiger partial charge in [-0.05, 0) is 56.9 Å². The molecule has 0 bridgehead atoms. The van der Waals surface area contributed by atoms with Crippen LogP contribution in [0.2, 0.25) is 0 Å². The largest absolute Gasteiger partial charge is 0.489 e. The van der Waals surface area contributed by atoms with Gasteiger partial charge in [-0.25, -0.2) is 4.98 Å². The van der Waals surface area contributed by atoms with Gasteiger partial charge < -0.3 is 14.6 Å². The Labute approximate surface area is 168 Å². The van der Waals surface area contributed by atoms with E-state index in [1.807, 2.05) is 37.3 Å². The van der Waals surface area contributed by atoms with E-state index < -0.39 is 5.91 Å². The first-order valence-corrected chi connectivity index (χ1v) is 9.88. The predicted octanol–water partition coefficient (Wildman–Crippen LogP) is 2.76. The third kappa shape index (κ3) is 3.99. The summed E-state index contributed by atoms with van der Waals surface area (Å²) in [6.07, 6.45) is 5.12. The highest BCUT2D eigenvalue weighted by atomic mass is 16.5. The zero-order chi connectivity index (χ0) is 20.4. The molecule has 1 N–H and O–H groups in total. The van der Waals surface area contributed by atoms with E-state index in [0.29, 0.717) is 11.0 Å². The number of fused-ring (bicyclic) bond motifs is 1. The second-order valence-electron chi connectivity index (χ2n) is 7.47. The van der Waals surface area contributed by atoms with Crippen LogP contribution in [0.15, 0.2) is 47.4 Å². The Bertz CT molecular complexity index is 1100. The average molecular weight is 392 g/mol. The number of hydrogen-bond donors (Lipinski definition) is 1. The summed E-state index contributed by atoms with van der Waals surface area (Å²) >= 11 is 0. The molecule has 0 spiro atoms. The molecule has 0 radical (unpaired) electrons. The van der Waals surface area contributed by atoms with Gasteiger partial charge in [0.1, 0.15) is 5.75 Å². The first-order valence-electron chi connectivity index (χ1n) is 9.88. The smallest absolute Gasteiger partial charge is 0.282 e. The lowest BCUT2D eigenvalue weighted by atomic mass is 9.92. The summed E-state index contributed by atoms with van der Waals surface area (Å²) in [4.78, 5) is 33.8. The number of ether oxygens (including phenoxy) is 1. The zero-order valence-electron chi connectivity index (χ0n) is 16.6. The first kappa shape index (κ1) is 19.1. The fourth-order valence-corrected chi connectivity index (χ4v) is 3.78. The number of nitrogens with one attached hydrogen (secondary N) is 1. The molecule has 150 valence electrons. The SMILES string of the molecule is Cc1ncccc1OC1CCC(NC(=O)c2nc3ccccc3n(C)c2=O)CC1. The molecular weight excluding hydrogens is 368 g/mol. The maximum atomic E-state index is 12.7. The van der Waals surface area contributed by atoms with Gasteiger partial charge in [0.15, 0.2) is 5.69 Å². The number of carbonyl (C=O) groups is 1. The fourth-order valence-electron chi connectivity index (χ4n) is 3.78. The van der Waals surface area contributed by atoms with Crippen LogP contribution in [-0.4, -0.2) is 32.6 Å². The number of hydrogen-bond acceptors (Lipinski definition) is 5. The third-order valence-electron chi connectivity index (χ3n) is 5.46. The molecule has 3 aromatic rings. The molecule has 0 atom stereocenters. The molecule has 7 heteroatoms. The molecular formula is C22H24N4O3. The van der Waals surface area contributed by atoms with Crippen molar-refractivity contribution in [3.05, 3.63) is 64.3 Å². The van der Waals surface area contributed by atoms with Gasteiger partial charge in [-0.2, -0.15) is 0 Å². The first-order chi connectivity index (χ1) is 14.0. The van der Waals surface area contributed by atoms with Crippen molar-refractivity contribution in [3.8, 4) is 5.75 Å². The Kier molecular flexibility index (Phi) is 5.29. The molecule has 1 aliphatic rings. The van der Waals surface area contributed by atoms with Crippen LogP contribution >= 0.6 is 0 Å². The summed E-state index contributed by atoms with van der Waals surface area (Å²) < 4.78 is 7.54. The molecule has 1 aliphatic carbocycles. The van der Waals surface area contributed by atoms with Gasteiger partial charge in [-0.15, -0.1) is 0 Å². The topological polar surface area (TPSA) is 86.1 Å². The normalized spacial score (nSPS) is 19.1. The van der Waals surface area contributed by atoms with Gasteiger partial charge in [-0.1, -0.05) is 12.1 Å². The number of para-hydroxylation sites is 2. The van der Waals surface area contributed by atoms with Crippen molar-refractivity contribution in [2.45, 2.75) is 44.8 Å². The summed E-state index contributed by atoms with van der Waals surface area (Å²) in [6.45, 7) is 1.93. The molecule has 0 aliphatic heterocycles. The molecule has 2 heterocycles. The quantitative estimate of drug-likeness (QED) is 0.738. The number of carbonyl (C=O) groups excluding carboxylic acids is 1. The molecule has 1 saturated carbocycles. The van der Waals surface area contributed by atoms with Crippen molar-refractivity contribution in [1.82, 2.24) is 19.9 Å². The van der Waals surface area contributed by atoms with Gasteiger partial charge in [-0.3, -0.25) is 14.6 Å². The third-order valence-corrected chi connectivity index (χ3v) is 5.46. The van der Waals surface area contributed by atoms with E-state index in [1.54, 1.807) is 19.3 Å². The second-order valence-corrected chi connectivity index (χ2v) is 7.47. The van der Waals surface area contributed by atoms with Crippen LogP contribution in [0.1, 0.15) is 41.9 Å². The van der Waals surface area contributed by atoms with Crippen molar-refractivity contribution in [1.29, 1.82) is 0 Å². The van der Waals surface area contributed by atoms with E-state index in [-0.39, 0.29) is 23.4 Å².